The van der Waals surface area contributed by atoms with E-state index in [4.69, 9.17) is 0 Å². The van der Waals surface area contributed by atoms with Crippen molar-refractivity contribution in [2.24, 2.45) is 7.05 Å². The second-order valence-corrected chi connectivity index (χ2v) is 2.75. The molecule has 0 atom stereocenters. The molecule has 0 saturated carbocycles. The Balaban J connectivity index is 3.00. The molecule has 1 aromatic heterocycles. The number of rotatable bonds is 3. The molecule has 1 rings (SSSR count). The fraction of sp³-hybridized carbons (Fsp3) is 0.375. The molecule has 1 aromatic rings. The average Bonchev–Trinajstić information content (AvgIpc) is 2.47. The molecule has 0 aliphatic carbocycles. The third-order valence-corrected chi connectivity index (χ3v) is 1.85. The van der Waals surface area contributed by atoms with Crippen LogP contribution in [0.5, 0.6) is 0 Å². The fourth-order valence-electron chi connectivity index (χ4n) is 1.16. The first-order chi connectivity index (χ1) is 6.57. The van der Waals surface area contributed by atoms with Gasteiger partial charge >= 0.3 is 5.82 Å². The van der Waals surface area contributed by atoms with Crippen LogP contribution in [0.15, 0.2) is 12.1 Å². The SMILES string of the molecule is CCNC(=O)c1ccc([N+](=O)[O-])n1C. The molecule has 1 amide bonds. The van der Waals surface area contributed by atoms with Crippen molar-refractivity contribution in [1.82, 2.24) is 9.88 Å². The molecule has 0 aromatic carbocycles. The largest absolute Gasteiger partial charge is 0.358 e. The molecular formula is C8H11N3O3. The lowest BCUT2D eigenvalue weighted by Gasteiger charge is -2.00. The summed E-state index contributed by atoms with van der Waals surface area (Å²) in [5.74, 6) is -0.394. The van der Waals surface area contributed by atoms with Crippen molar-refractivity contribution in [2.75, 3.05) is 6.54 Å². The van der Waals surface area contributed by atoms with Crippen LogP contribution < -0.4 is 5.32 Å². The number of carbonyl (C=O) groups is 1. The molecule has 0 aliphatic heterocycles. The van der Waals surface area contributed by atoms with E-state index in [9.17, 15) is 14.9 Å². The maximum absolute atomic E-state index is 11.3. The van der Waals surface area contributed by atoms with E-state index in [1.54, 1.807) is 6.92 Å². The topological polar surface area (TPSA) is 77.2 Å². The Morgan fingerprint density at radius 2 is 2.29 bits per heavy atom. The predicted octanol–water partition coefficient (Wildman–Crippen LogP) is 0.683. The van der Waals surface area contributed by atoms with Crippen LogP contribution in [0.1, 0.15) is 17.4 Å². The van der Waals surface area contributed by atoms with Crippen molar-refractivity contribution in [3.05, 3.63) is 27.9 Å². The zero-order chi connectivity index (χ0) is 10.7. The van der Waals surface area contributed by atoms with E-state index in [-0.39, 0.29) is 11.7 Å². The minimum Gasteiger partial charge on any atom is -0.358 e. The second kappa shape index (κ2) is 3.91. The first-order valence-corrected chi connectivity index (χ1v) is 4.16. The standard InChI is InChI=1S/C8H11N3O3/c1-3-9-8(12)6-4-5-7(10(6)2)11(13)14/h4-5H,3H2,1-2H3,(H,9,12). The first kappa shape index (κ1) is 10.2. The van der Waals surface area contributed by atoms with Crippen molar-refractivity contribution in [3.8, 4) is 0 Å². The van der Waals surface area contributed by atoms with Crippen LogP contribution in [-0.4, -0.2) is 21.9 Å². The summed E-state index contributed by atoms with van der Waals surface area (Å²) in [4.78, 5) is 21.3. The quantitative estimate of drug-likeness (QED) is 0.571. The van der Waals surface area contributed by atoms with Gasteiger partial charge in [-0.15, -0.1) is 0 Å². The molecule has 0 bridgehead atoms. The van der Waals surface area contributed by atoms with Gasteiger partial charge in [-0.25, -0.2) is 4.57 Å². The van der Waals surface area contributed by atoms with Gasteiger partial charge in [-0.3, -0.25) is 4.79 Å². The normalized spacial score (nSPS) is 9.86. The Hall–Kier alpha value is -1.85. The van der Waals surface area contributed by atoms with Crippen LogP contribution in [0.4, 0.5) is 5.82 Å². The lowest BCUT2D eigenvalue weighted by atomic mass is 10.4. The number of nitro groups is 1. The molecule has 1 N–H and O–H groups in total. The molecule has 1 heterocycles. The smallest absolute Gasteiger partial charge is 0.323 e. The Morgan fingerprint density at radius 1 is 1.64 bits per heavy atom. The van der Waals surface area contributed by atoms with E-state index < -0.39 is 4.92 Å². The molecule has 0 aliphatic rings. The molecule has 0 radical (unpaired) electrons. The van der Waals surface area contributed by atoms with Crippen LogP contribution in [0.3, 0.4) is 0 Å². The summed E-state index contributed by atoms with van der Waals surface area (Å²) in [7, 11) is 1.49. The molecule has 0 unspecified atom stereocenters. The minimum atomic E-state index is -0.525. The monoisotopic (exact) mass is 197 g/mol. The van der Waals surface area contributed by atoms with Crippen molar-refractivity contribution in [2.45, 2.75) is 6.92 Å². The van der Waals surface area contributed by atoms with Gasteiger partial charge in [0.2, 0.25) is 0 Å². The second-order valence-electron chi connectivity index (χ2n) is 2.75. The highest BCUT2D eigenvalue weighted by atomic mass is 16.6. The van der Waals surface area contributed by atoms with E-state index in [0.29, 0.717) is 12.2 Å². The summed E-state index contributed by atoms with van der Waals surface area (Å²) in [5, 5.41) is 13.0. The number of nitrogens with zero attached hydrogens (tertiary/aromatic N) is 2. The van der Waals surface area contributed by atoms with Gasteiger partial charge in [0.1, 0.15) is 0 Å². The summed E-state index contributed by atoms with van der Waals surface area (Å²) >= 11 is 0. The van der Waals surface area contributed by atoms with Gasteiger partial charge in [-0.2, -0.15) is 0 Å². The lowest BCUT2D eigenvalue weighted by molar-refractivity contribution is -0.391. The zero-order valence-electron chi connectivity index (χ0n) is 7.98. The van der Waals surface area contributed by atoms with Gasteiger partial charge in [0, 0.05) is 12.6 Å². The van der Waals surface area contributed by atoms with Crippen LogP contribution in [0.25, 0.3) is 0 Å². The molecular weight excluding hydrogens is 186 g/mol. The highest BCUT2D eigenvalue weighted by Gasteiger charge is 2.19. The van der Waals surface area contributed by atoms with E-state index in [2.05, 4.69) is 5.32 Å². The molecule has 6 heteroatoms. The fourth-order valence-corrected chi connectivity index (χ4v) is 1.16. The van der Waals surface area contributed by atoms with E-state index >= 15 is 0 Å². The average molecular weight is 197 g/mol. The number of amides is 1. The first-order valence-electron chi connectivity index (χ1n) is 4.16. The number of hydrogen-bond donors (Lipinski definition) is 1. The number of hydrogen-bond acceptors (Lipinski definition) is 3. The van der Waals surface area contributed by atoms with Crippen LogP contribution >= 0.6 is 0 Å². The summed E-state index contributed by atoms with van der Waals surface area (Å²) in [6, 6.07) is 2.74. The van der Waals surface area contributed by atoms with Crippen molar-refractivity contribution < 1.29 is 9.72 Å². The van der Waals surface area contributed by atoms with Crippen molar-refractivity contribution in [1.29, 1.82) is 0 Å². The van der Waals surface area contributed by atoms with Gasteiger partial charge < -0.3 is 15.4 Å². The van der Waals surface area contributed by atoms with Gasteiger partial charge in [0.05, 0.1) is 7.05 Å². The Bertz CT molecular complexity index is 370. The molecule has 6 nitrogen and oxygen atoms in total. The maximum Gasteiger partial charge on any atom is 0.323 e. The highest BCUT2D eigenvalue weighted by molar-refractivity contribution is 5.93. The molecule has 76 valence electrons. The van der Waals surface area contributed by atoms with Gasteiger partial charge in [-0.1, -0.05) is 0 Å². The predicted molar refractivity (Wildman–Crippen MR) is 50.1 cm³/mol. The number of nitrogens with one attached hydrogen (secondary N) is 1. The Morgan fingerprint density at radius 3 is 2.71 bits per heavy atom. The molecule has 14 heavy (non-hydrogen) atoms. The van der Waals surface area contributed by atoms with E-state index in [1.807, 2.05) is 0 Å². The van der Waals surface area contributed by atoms with Crippen molar-refractivity contribution >= 4 is 11.7 Å². The summed E-state index contributed by atoms with van der Waals surface area (Å²) in [6.07, 6.45) is 0. The third-order valence-electron chi connectivity index (χ3n) is 1.85. The van der Waals surface area contributed by atoms with Crippen LogP contribution in [0, 0.1) is 10.1 Å². The zero-order valence-corrected chi connectivity index (χ0v) is 7.98. The molecule has 0 fully saturated rings. The Labute approximate surface area is 80.7 Å². The van der Waals surface area contributed by atoms with Crippen LogP contribution in [0.2, 0.25) is 0 Å². The Kier molecular flexibility index (Phi) is 2.85. The number of aromatic nitrogens is 1. The lowest BCUT2D eigenvalue weighted by Crippen LogP contribution is -2.24. The van der Waals surface area contributed by atoms with Crippen LogP contribution in [-0.2, 0) is 7.05 Å². The summed E-state index contributed by atoms with van der Waals surface area (Å²) < 4.78 is 1.25. The third kappa shape index (κ3) is 1.73. The van der Waals surface area contributed by atoms with Gasteiger partial charge in [0.25, 0.3) is 5.91 Å². The molecule has 0 saturated heterocycles. The number of carbonyl (C=O) groups excluding carboxylic acids is 1. The molecule has 0 spiro atoms. The summed E-state index contributed by atoms with van der Waals surface area (Å²) in [5.41, 5.74) is 0.290. The van der Waals surface area contributed by atoms with E-state index in [1.165, 1.54) is 23.7 Å². The summed E-state index contributed by atoms with van der Waals surface area (Å²) in [6.45, 7) is 2.28. The van der Waals surface area contributed by atoms with Crippen molar-refractivity contribution in [3.63, 3.8) is 0 Å². The minimum absolute atomic E-state index is 0.0914. The van der Waals surface area contributed by atoms with Gasteiger partial charge in [0.15, 0.2) is 5.69 Å². The van der Waals surface area contributed by atoms with Gasteiger partial charge in [-0.05, 0) is 17.9 Å². The maximum atomic E-state index is 11.3. The van der Waals surface area contributed by atoms with E-state index in [0.717, 1.165) is 0 Å². The highest BCUT2D eigenvalue weighted by Crippen LogP contribution is 2.14.